The smallest absolute Gasteiger partial charge is 0.274 e. The Balaban J connectivity index is 1.90. The highest BCUT2D eigenvalue weighted by atomic mass is 16.2. The first-order chi connectivity index (χ1) is 10.0. The van der Waals surface area contributed by atoms with Crippen LogP contribution in [0.4, 0.5) is 5.69 Å². The highest BCUT2D eigenvalue weighted by Crippen LogP contribution is 2.39. The summed E-state index contributed by atoms with van der Waals surface area (Å²) in [6, 6.07) is 0.393. The third-order valence-electron chi connectivity index (χ3n) is 5.47. The number of rotatable bonds is 1. The lowest BCUT2D eigenvalue weighted by Crippen LogP contribution is -2.52. The van der Waals surface area contributed by atoms with E-state index in [2.05, 4.69) is 16.9 Å². The number of carbonyl (C=O) groups is 1. The molecule has 2 aliphatic rings. The highest BCUT2D eigenvalue weighted by Gasteiger charge is 2.40. The first-order valence-corrected chi connectivity index (χ1v) is 8.10. The molecule has 1 amide bonds. The fourth-order valence-corrected chi connectivity index (χ4v) is 4.23. The standard InChI is InChI=1S/C16H26N4O/c1-10-8-9-20(13-7-5-4-6-12(10)13)16(21)15-14(17)11(2)18-19(15)3/h10,12-13H,4-9,17H2,1-3H3. The van der Waals surface area contributed by atoms with E-state index in [1.165, 1.54) is 19.3 Å². The number of carbonyl (C=O) groups excluding carboxylic acids is 1. The molecule has 3 unspecified atom stereocenters. The van der Waals surface area contributed by atoms with E-state index in [1.54, 1.807) is 4.68 Å². The van der Waals surface area contributed by atoms with Gasteiger partial charge in [0.1, 0.15) is 5.69 Å². The van der Waals surface area contributed by atoms with Crippen LogP contribution in [0.15, 0.2) is 0 Å². The first kappa shape index (κ1) is 14.4. The number of nitrogens with two attached hydrogens (primary N) is 1. The fourth-order valence-electron chi connectivity index (χ4n) is 4.23. The number of nitrogen functional groups attached to an aromatic ring is 1. The van der Waals surface area contributed by atoms with Gasteiger partial charge in [-0.1, -0.05) is 19.8 Å². The third-order valence-corrected chi connectivity index (χ3v) is 5.47. The average molecular weight is 290 g/mol. The Bertz CT molecular complexity index is 551. The van der Waals surface area contributed by atoms with Crippen molar-refractivity contribution in [3.05, 3.63) is 11.4 Å². The molecule has 1 saturated heterocycles. The molecule has 1 aliphatic carbocycles. The molecule has 2 fully saturated rings. The van der Waals surface area contributed by atoms with E-state index in [4.69, 9.17) is 5.73 Å². The van der Waals surface area contributed by atoms with Crippen molar-refractivity contribution in [1.29, 1.82) is 0 Å². The predicted molar refractivity (Wildman–Crippen MR) is 82.9 cm³/mol. The van der Waals surface area contributed by atoms with Crippen molar-refractivity contribution < 1.29 is 4.79 Å². The van der Waals surface area contributed by atoms with Crippen molar-refractivity contribution in [2.45, 2.75) is 52.0 Å². The zero-order valence-corrected chi connectivity index (χ0v) is 13.3. The van der Waals surface area contributed by atoms with Crippen LogP contribution in [0.5, 0.6) is 0 Å². The van der Waals surface area contributed by atoms with Crippen molar-refractivity contribution >= 4 is 11.6 Å². The Labute approximate surface area is 126 Å². The largest absolute Gasteiger partial charge is 0.395 e. The molecule has 2 N–H and O–H groups in total. The lowest BCUT2D eigenvalue weighted by Gasteiger charge is -2.47. The van der Waals surface area contributed by atoms with Crippen LogP contribution in [-0.4, -0.2) is 33.2 Å². The van der Waals surface area contributed by atoms with Crippen molar-refractivity contribution in [3.8, 4) is 0 Å². The number of nitrogens with zero attached hydrogens (tertiary/aromatic N) is 3. The molecule has 1 aromatic rings. The number of anilines is 1. The van der Waals surface area contributed by atoms with Gasteiger partial charge in [0.25, 0.3) is 5.91 Å². The number of hydrogen-bond donors (Lipinski definition) is 1. The number of piperidine rings is 1. The molecule has 3 atom stereocenters. The van der Waals surface area contributed by atoms with Crippen molar-refractivity contribution in [1.82, 2.24) is 14.7 Å². The molecule has 1 aromatic heterocycles. The second-order valence-electron chi connectivity index (χ2n) is 6.75. The molecular weight excluding hydrogens is 264 g/mol. The average Bonchev–Trinajstić information content (AvgIpc) is 2.72. The maximum Gasteiger partial charge on any atom is 0.274 e. The zero-order valence-electron chi connectivity index (χ0n) is 13.3. The summed E-state index contributed by atoms with van der Waals surface area (Å²) in [6.07, 6.45) is 6.04. The highest BCUT2D eigenvalue weighted by molar-refractivity contribution is 5.98. The Kier molecular flexibility index (Phi) is 3.68. The molecule has 1 saturated carbocycles. The molecule has 0 spiro atoms. The summed E-state index contributed by atoms with van der Waals surface area (Å²) in [5.74, 6) is 1.45. The predicted octanol–water partition coefficient (Wildman–Crippen LogP) is 2.35. The molecule has 5 nitrogen and oxygen atoms in total. The van der Waals surface area contributed by atoms with Crippen LogP contribution >= 0.6 is 0 Å². The van der Waals surface area contributed by atoms with Gasteiger partial charge in [-0.2, -0.15) is 5.10 Å². The second-order valence-corrected chi connectivity index (χ2v) is 6.75. The minimum atomic E-state index is 0.0689. The van der Waals surface area contributed by atoms with Crippen LogP contribution in [-0.2, 0) is 7.05 Å². The van der Waals surface area contributed by atoms with E-state index >= 15 is 0 Å². The Morgan fingerprint density at radius 2 is 2.00 bits per heavy atom. The second kappa shape index (κ2) is 5.35. The van der Waals surface area contributed by atoms with Crippen molar-refractivity contribution in [3.63, 3.8) is 0 Å². The lowest BCUT2D eigenvalue weighted by molar-refractivity contribution is 0.0210. The van der Waals surface area contributed by atoms with E-state index in [9.17, 15) is 4.79 Å². The molecule has 5 heteroatoms. The van der Waals surface area contributed by atoms with Gasteiger partial charge >= 0.3 is 0 Å². The Hall–Kier alpha value is -1.52. The molecule has 0 bridgehead atoms. The number of fused-ring (bicyclic) bond motifs is 1. The number of aryl methyl sites for hydroxylation is 2. The summed E-state index contributed by atoms with van der Waals surface area (Å²) in [6.45, 7) is 5.05. The lowest BCUT2D eigenvalue weighted by atomic mass is 9.72. The van der Waals surface area contributed by atoms with Gasteiger partial charge in [0.2, 0.25) is 0 Å². The maximum absolute atomic E-state index is 13.0. The number of amides is 1. The van der Waals surface area contributed by atoms with Crippen LogP contribution in [0.2, 0.25) is 0 Å². The van der Waals surface area contributed by atoms with Gasteiger partial charge in [-0.05, 0) is 38.0 Å². The Morgan fingerprint density at radius 3 is 2.67 bits per heavy atom. The van der Waals surface area contributed by atoms with Gasteiger partial charge < -0.3 is 10.6 Å². The first-order valence-electron chi connectivity index (χ1n) is 8.10. The SMILES string of the molecule is Cc1nn(C)c(C(=O)N2CCC(C)C3CCCCC32)c1N. The van der Waals surface area contributed by atoms with E-state index in [-0.39, 0.29) is 5.91 Å². The van der Waals surface area contributed by atoms with Crippen LogP contribution in [0.25, 0.3) is 0 Å². The monoisotopic (exact) mass is 290 g/mol. The van der Waals surface area contributed by atoms with Gasteiger partial charge in [-0.3, -0.25) is 9.48 Å². The number of aromatic nitrogens is 2. The summed E-state index contributed by atoms with van der Waals surface area (Å²) in [4.78, 5) is 15.1. The summed E-state index contributed by atoms with van der Waals surface area (Å²) >= 11 is 0. The van der Waals surface area contributed by atoms with E-state index < -0.39 is 0 Å². The maximum atomic E-state index is 13.0. The van der Waals surface area contributed by atoms with Gasteiger partial charge in [0.15, 0.2) is 0 Å². The molecule has 0 radical (unpaired) electrons. The Morgan fingerprint density at radius 1 is 1.29 bits per heavy atom. The fraction of sp³-hybridized carbons (Fsp3) is 0.750. The third kappa shape index (κ3) is 2.32. The van der Waals surface area contributed by atoms with Gasteiger partial charge in [0, 0.05) is 19.6 Å². The van der Waals surface area contributed by atoms with Gasteiger partial charge in [-0.25, -0.2) is 0 Å². The molecule has 0 aromatic carbocycles. The summed E-state index contributed by atoms with van der Waals surface area (Å²) < 4.78 is 1.64. The van der Waals surface area contributed by atoms with Crippen LogP contribution in [0, 0.1) is 18.8 Å². The van der Waals surface area contributed by atoms with Gasteiger partial charge in [-0.15, -0.1) is 0 Å². The van der Waals surface area contributed by atoms with Crippen LogP contribution in [0.3, 0.4) is 0 Å². The zero-order chi connectivity index (χ0) is 15.1. The molecule has 2 heterocycles. The summed E-state index contributed by atoms with van der Waals surface area (Å²) in [5, 5.41) is 4.29. The van der Waals surface area contributed by atoms with E-state index in [0.29, 0.717) is 23.3 Å². The molecule has 1 aliphatic heterocycles. The van der Waals surface area contributed by atoms with E-state index in [0.717, 1.165) is 31.0 Å². The van der Waals surface area contributed by atoms with Gasteiger partial charge in [0.05, 0.1) is 11.4 Å². The minimum absolute atomic E-state index is 0.0689. The normalized spacial score (nSPS) is 29.3. The topological polar surface area (TPSA) is 64.2 Å². The van der Waals surface area contributed by atoms with Crippen LogP contribution in [0.1, 0.15) is 55.2 Å². The molecular formula is C16H26N4O. The molecule has 21 heavy (non-hydrogen) atoms. The summed E-state index contributed by atoms with van der Waals surface area (Å²) in [7, 11) is 1.81. The van der Waals surface area contributed by atoms with Crippen LogP contribution < -0.4 is 5.73 Å². The summed E-state index contributed by atoms with van der Waals surface area (Å²) in [5.41, 5.74) is 7.91. The number of likely N-dealkylation sites (tertiary alicyclic amines) is 1. The van der Waals surface area contributed by atoms with Crippen molar-refractivity contribution in [2.75, 3.05) is 12.3 Å². The quantitative estimate of drug-likeness (QED) is 0.863. The number of hydrogen-bond acceptors (Lipinski definition) is 3. The van der Waals surface area contributed by atoms with Crippen molar-refractivity contribution in [2.24, 2.45) is 18.9 Å². The molecule has 116 valence electrons. The van der Waals surface area contributed by atoms with E-state index in [1.807, 2.05) is 14.0 Å². The minimum Gasteiger partial charge on any atom is -0.395 e. The molecule has 3 rings (SSSR count).